The van der Waals surface area contributed by atoms with Crippen LogP contribution in [-0.4, -0.2) is 74.8 Å². The van der Waals surface area contributed by atoms with Crippen LogP contribution < -0.4 is 9.80 Å². The minimum atomic E-state index is -1.09. The van der Waals surface area contributed by atoms with Gasteiger partial charge in [0.15, 0.2) is 22.1 Å². The third-order valence-electron chi connectivity index (χ3n) is 5.08. The fourth-order valence-corrected chi connectivity index (χ4v) is 3.82. The molecule has 3 aromatic rings. The highest BCUT2D eigenvalue weighted by atomic mass is 35.5. The Balaban J connectivity index is 1.93. The van der Waals surface area contributed by atoms with Crippen molar-refractivity contribution in [1.29, 1.82) is 0 Å². The number of anilines is 2. The monoisotopic (exact) mass is 458 g/mol. The summed E-state index contributed by atoms with van der Waals surface area (Å²) in [5.41, 5.74) is 0.937. The summed E-state index contributed by atoms with van der Waals surface area (Å²) in [5, 5.41) is 21.3. The van der Waals surface area contributed by atoms with E-state index in [1.807, 2.05) is 35.2 Å². The van der Waals surface area contributed by atoms with Gasteiger partial charge in [-0.2, -0.15) is 9.97 Å². The zero-order valence-corrected chi connectivity index (χ0v) is 19.1. The van der Waals surface area contributed by atoms with Gasteiger partial charge in [0.1, 0.15) is 11.9 Å². The lowest BCUT2D eigenvalue weighted by Crippen LogP contribution is -2.44. The van der Waals surface area contributed by atoms with Crippen molar-refractivity contribution in [2.45, 2.75) is 32.6 Å². The summed E-state index contributed by atoms with van der Waals surface area (Å²) in [4.78, 5) is 22.3. The van der Waals surface area contributed by atoms with Crippen LogP contribution >= 0.6 is 11.6 Å². The SMILES string of the molecule is CC(O)N(CC(C)(C)O)c1nc(N2CCOCC2)nc2nc(Cl)c(-c3ccccc3)nc12. The predicted molar refractivity (Wildman–Crippen MR) is 124 cm³/mol. The largest absolute Gasteiger partial charge is 0.389 e. The topological polar surface area (TPSA) is 108 Å². The van der Waals surface area contributed by atoms with Crippen LogP contribution in [0.3, 0.4) is 0 Å². The predicted octanol–water partition coefficient (Wildman–Crippen LogP) is 2.49. The Morgan fingerprint density at radius 1 is 1.12 bits per heavy atom. The molecule has 1 aliphatic rings. The fourth-order valence-electron chi connectivity index (χ4n) is 3.59. The van der Waals surface area contributed by atoms with E-state index in [-0.39, 0.29) is 11.7 Å². The molecule has 3 heterocycles. The average molecular weight is 459 g/mol. The van der Waals surface area contributed by atoms with E-state index in [4.69, 9.17) is 26.3 Å². The molecule has 2 N–H and O–H groups in total. The molecule has 0 saturated carbocycles. The molecule has 1 atom stereocenters. The summed E-state index contributed by atoms with van der Waals surface area (Å²) in [7, 11) is 0. The van der Waals surface area contributed by atoms with Crippen LogP contribution in [0.5, 0.6) is 0 Å². The molecular formula is C22H27ClN6O3. The number of fused-ring (bicyclic) bond motifs is 1. The van der Waals surface area contributed by atoms with Crippen molar-refractivity contribution < 1.29 is 14.9 Å². The highest BCUT2D eigenvalue weighted by Gasteiger charge is 2.28. The van der Waals surface area contributed by atoms with Crippen LogP contribution in [0.15, 0.2) is 30.3 Å². The van der Waals surface area contributed by atoms with E-state index in [9.17, 15) is 10.2 Å². The van der Waals surface area contributed by atoms with E-state index in [0.717, 1.165) is 5.56 Å². The minimum absolute atomic E-state index is 0.129. The fraction of sp³-hybridized carbons (Fsp3) is 0.455. The Morgan fingerprint density at radius 2 is 1.81 bits per heavy atom. The summed E-state index contributed by atoms with van der Waals surface area (Å²) in [6, 6.07) is 9.49. The number of hydrogen-bond acceptors (Lipinski definition) is 9. The Hall–Kier alpha value is -2.59. The summed E-state index contributed by atoms with van der Waals surface area (Å²) in [6.45, 7) is 7.50. The number of benzene rings is 1. The molecule has 1 fully saturated rings. The molecule has 4 rings (SSSR count). The number of halogens is 1. The second kappa shape index (κ2) is 9.11. The first-order valence-electron chi connectivity index (χ1n) is 10.5. The van der Waals surface area contributed by atoms with Crippen molar-refractivity contribution in [3.05, 3.63) is 35.5 Å². The van der Waals surface area contributed by atoms with Gasteiger partial charge in [0, 0.05) is 18.7 Å². The number of aliphatic hydroxyl groups excluding tert-OH is 1. The molecule has 1 aliphatic heterocycles. The lowest BCUT2D eigenvalue weighted by atomic mass is 10.1. The first kappa shape index (κ1) is 22.6. The molecular weight excluding hydrogens is 432 g/mol. The maximum Gasteiger partial charge on any atom is 0.229 e. The lowest BCUT2D eigenvalue weighted by Gasteiger charge is -2.33. The second-order valence-electron chi connectivity index (χ2n) is 8.42. The Kier molecular flexibility index (Phi) is 6.43. The molecule has 0 radical (unpaired) electrons. The Morgan fingerprint density at radius 3 is 2.44 bits per heavy atom. The van der Waals surface area contributed by atoms with E-state index < -0.39 is 11.8 Å². The molecule has 1 aromatic carbocycles. The third-order valence-corrected chi connectivity index (χ3v) is 5.34. The number of aromatic nitrogens is 4. The summed E-state index contributed by atoms with van der Waals surface area (Å²) in [6.07, 6.45) is -0.935. The molecule has 0 amide bonds. The van der Waals surface area contributed by atoms with Crippen LogP contribution in [0.25, 0.3) is 22.4 Å². The maximum absolute atomic E-state index is 10.6. The van der Waals surface area contributed by atoms with E-state index in [0.29, 0.717) is 54.9 Å². The zero-order valence-electron chi connectivity index (χ0n) is 18.4. The van der Waals surface area contributed by atoms with Gasteiger partial charge in [0.2, 0.25) is 5.95 Å². The molecule has 10 heteroatoms. The highest BCUT2D eigenvalue weighted by molar-refractivity contribution is 6.32. The lowest BCUT2D eigenvalue weighted by molar-refractivity contribution is 0.0713. The van der Waals surface area contributed by atoms with Crippen molar-refractivity contribution >= 4 is 34.5 Å². The first-order valence-corrected chi connectivity index (χ1v) is 10.9. The first-order chi connectivity index (χ1) is 15.2. The van der Waals surface area contributed by atoms with Crippen molar-refractivity contribution in [2.24, 2.45) is 0 Å². The maximum atomic E-state index is 10.6. The number of nitrogens with zero attached hydrogens (tertiary/aromatic N) is 6. The molecule has 0 aliphatic carbocycles. The van der Waals surface area contributed by atoms with Crippen LogP contribution in [0, 0.1) is 0 Å². The quantitative estimate of drug-likeness (QED) is 0.538. The van der Waals surface area contributed by atoms with Crippen molar-refractivity contribution in [3.8, 4) is 11.3 Å². The van der Waals surface area contributed by atoms with E-state index in [1.54, 1.807) is 25.7 Å². The van der Waals surface area contributed by atoms with Gasteiger partial charge in [0.05, 0.1) is 25.4 Å². The van der Waals surface area contributed by atoms with E-state index >= 15 is 0 Å². The van der Waals surface area contributed by atoms with Crippen LogP contribution in [-0.2, 0) is 4.74 Å². The van der Waals surface area contributed by atoms with Gasteiger partial charge < -0.3 is 24.7 Å². The van der Waals surface area contributed by atoms with Crippen LogP contribution in [0.4, 0.5) is 11.8 Å². The molecule has 9 nitrogen and oxygen atoms in total. The van der Waals surface area contributed by atoms with Gasteiger partial charge in [-0.3, -0.25) is 0 Å². The van der Waals surface area contributed by atoms with Crippen LogP contribution in [0.1, 0.15) is 20.8 Å². The van der Waals surface area contributed by atoms with Gasteiger partial charge in [-0.15, -0.1) is 0 Å². The highest BCUT2D eigenvalue weighted by Crippen LogP contribution is 2.32. The number of hydrogen-bond donors (Lipinski definition) is 2. The third kappa shape index (κ3) is 4.91. The molecule has 170 valence electrons. The van der Waals surface area contributed by atoms with Crippen molar-refractivity contribution in [3.63, 3.8) is 0 Å². The van der Waals surface area contributed by atoms with Gasteiger partial charge in [-0.1, -0.05) is 41.9 Å². The molecule has 32 heavy (non-hydrogen) atoms. The van der Waals surface area contributed by atoms with Crippen molar-refractivity contribution in [2.75, 3.05) is 42.6 Å². The summed E-state index contributed by atoms with van der Waals surface area (Å²) >= 11 is 6.51. The number of ether oxygens (including phenoxy) is 1. The number of aliphatic hydroxyl groups is 2. The van der Waals surface area contributed by atoms with Gasteiger partial charge in [-0.25, -0.2) is 9.97 Å². The van der Waals surface area contributed by atoms with Gasteiger partial charge >= 0.3 is 0 Å². The molecule has 2 aromatic heterocycles. The molecule has 0 bridgehead atoms. The normalized spacial score (nSPS) is 15.8. The number of rotatable bonds is 6. The minimum Gasteiger partial charge on any atom is -0.389 e. The zero-order chi connectivity index (χ0) is 22.9. The Labute approximate surface area is 191 Å². The van der Waals surface area contributed by atoms with Crippen LogP contribution in [0.2, 0.25) is 5.15 Å². The Bertz CT molecular complexity index is 1080. The molecule has 0 spiro atoms. The van der Waals surface area contributed by atoms with Gasteiger partial charge in [-0.05, 0) is 20.8 Å². The molecule has 1 saturated heterocycles. The molecule has 1 unspecified atom stereocenters. The van der Waals surface area contributed by atoms with Crippen molar-refractivity contribution in [1.82, 2.24) is 19.9 Å². The second-order valence-corrected chi connectivity index (χ2v) is 8.78. The summed E-state index contributed by atoms with van der Waals surface area (Å²) in [5.74, 6) is 0.838. The summed E-state index contributed by atoms with van der Waals surface area (Å²) < 4.78 is 5.44. The van der Waals surface area contributed by atoms with E-state index in [2.05, 4.69) is 9.97 Å². The smallest absolute Gasteiger partial charge is 0.229 e. The average Bonchev–Trinajstić information content (AvgIpc) is 2.77. The van der Waals surface area contributed by atoms with E-state index in [1.165, 1.54) is 0 Å². The standard InChI is InChI=1S/C22H27ClN6O3/c1-14(30)29(13-22(2,3)31)20-17-19(26-21(27-20)28-9-11-32-12-10-28)25-18(23)16(24-17)15-7-5-4-6-8-15/h4-8,14,30-31H,9-13H2,1-3H3. The van der Waals surface area contributed by atoms with Gasteiger partial charge in [0.25, 0.3) is 0 Å². The number of morpholine rings is 1.